The van der Waals surface area contributed by atoms with Crippen molar-refractivity contribution in [1.29, 1.82) is 0 Å². The molecular weight excluding hydrogens is 701 g/mol. The van der Waals surface area contributed by atoms with Crippen LogP contribution >= 0.6 is 0 Å². The van der Waals surface area contributed by atoms with E-state index in [1.807, 2.05) is 13.8 Å². The third-order valence-electron chi connectivity index (χ3n) is 12.3. The number of fused-ring (bicyclic) bond motifs is 3. The van der Waals surface area contributed by atoms with Crippen molar-refractivity contribution >= 4 is 32.7 Å². The number of hydrogen-bond acceptors (Lipinski definition) is 2. The fraction of sp³-hybridized carbons (Fsp3) is 0.179. The van der Waals surface area contributed by atoms with Gasteiger partial charge in [-0.3, -0.25) is 9.97 Å². The number of allylic oxidation sites excluding steroid dienone is 4. The van der Waals surface area contributed by atoms with Crippen LogP contribution in [0.3, 0.4) is 0 Å². The molecule has 1 heterocycles. The molecule has 7 aromatic carbocycles. The van der Waals surface area contributed by atoms with Crippen LogP contribution in [0.1, 0.15) is 95.4 Å². The van der Waals surface area contributed by atoms with Gasteiger partial charge in [-0.25, -0.2) is 0 Å². The van der Waals surface area contributed by atoms with Crippen molar-refractivity contribution in [3.8, 4) is 0 Å². The van der Waals surface area contributed by atoms with Gasteiger partial charge in [0.15, 0.2) is 0 Å². The minimum atomic E-state index is 0.488. The Labute approximate surface area is 345 Å². The van der Waals surface area contributed by atoms with Crippen LogP contribution in [0.5, 0.6) is 0 Å². The van der Waals surface area contributed by atoms with E-state index in [1.54, 1.807) is 23.5 Å². The minimum Gasteiger partial charge on any atom is -0.258 e. The average Bonchev–Trinajstić information content (AvgIpc) is 3.28. The van der Waals surface area contributed by atoms with E-state index in [1.165, 1.54) is 77.2 Å². The van der Waals surface area contributed by atoms with Gasteiger partial charge in [0.1, 0.15) is 0 Å². The Morgan fingerprint density at radius 1 is 0.345 bits per heavy atom. The molecule has 0 spiro atoms. The highest BCUT2D eigenvalue weighted by molar-refractivity contribution is 6.10. The number of aromatic nitrogens is 2. The average molecular weight is 755 g/mol. The van der Waals surface area contributed by atoms with Crippen molar-refractivity contribution in [2.45, 2.75) is 67.2 Å². The zero-order valence-corrected chi connectivity index (χ0v) is 35.2. The highest BCUT2D eigenvalue weighted by Crippen LogP contribution is 2.54. The van der Waals surface area contributed by atoms with E-state index in [9.17, 15) is 0 Å². The van der Waals surface area contributed by atoms with Gasteiger partial charge >= 0.3 is 0 Å². The second-order valence-corrected chi connectivity index (χ2v) is 15.5. The normalized spacial score (nSPS) is 15.1. The molecule has 3 aliphatic rings. The van der Waals surface area contributed by atoms with Gasteiger partial charge in [-0.15, -0.1) is 0 Å². The summed E-state index contributed by atoms with van der Waals surface area (Å²) >= 11 is 0. The summed E-state index contributed by atoms with van der Waals surface area (Å²) in [5, 5.41) is 5.47. The topological polar surface area (TPSA) is 25.8 Å². The molecular formula is C56H54N2. The molecule has 2 nitrogen and oxygen atoms in total. The second kappa shape index (κ2) is 17.8. The summed E-state index contributed by atoms with van der Waals surface area (Å²) in [5.41, 5.74) is 19.3. The Morgan fingerprint density at radius 2 is 0.621 bits per heavy atom. The number of rotatable bonds is 2. The summed E-state index contributed by atoms with van der Waals surface area (Å²) in [6, 6.07) is 56.3. The maximum atomic E-state index is 4.02. The molecule has 58 heavy (non-hydrogen) atoms. The molecule has 11 rings (SSSR count). The SMILES string of the molecule is C/C(=C(\C)c1ccccc1)c1ccccc1.CC1=C(C)C2c3ccccc3C1c1ccccc12.Cc1c(C)c2ccccc2c2ccccc12.Cc1nccnc1C. The predicted molar refractivity (Wildman–Crippen MR) is 248 cm³/mol. The molecule has 8 aromatic rings. The van der Waals surface area contributed by atoms with Crippen molar-refractivity contribution in [3.05, 3.63) is 237 Å². The first-order valence-electron chi connectivity index (χ1n) is 20.4. The van der Waals surface area contributed by atoms with Crippen LogP contribution in [0.2, 0.25) is 0 Å². The van der Waals surface area contributed by atoms with Crippen molar-refractivity contribution in [1.82, 2.24) is 9.97 Å². The van der Waals surface area contributed by atoms with Crippen molar-refractivity contribution in [3.63, 3.8) is 0 Å². The van der Waals surface area contributed by atoms with E-state index in [0.29, 0.717) is 11.8 Å². The van der Waals surface area contributed by atoms with Gasteiger partial charge in [0, 0.05) is 24.2 Å². The van der Waals surface area contributed by atoms with Crippen molar-refractivity contribution < 1.29 is 0 Å². The molecule has 2 heteroatoms. The van der Waals surface area contributed by atoms with Gasteiger partial charge in [-0.1, -0.05) is 169 Å². The lowest BCUT2D eigenvalue weighted by molar-refractivity contribution is 0.727. The minimum absolute atomic E-state index is 0.488. The van der Waals surface area contributed by atoms with Gasteiger partial charge in [0.25, 0.3) is 0 Å². The highest BCUT2D eigenvalue weighted by atomic mass is 14.8. The van der Waals surface area contributed by atoms with Crippen molar-refractivity contribution in [2.24, 2.45) is 0 Å². The number of nitrogens with zero attached hydrogens (tertiary/aromatic N) is 2. The summed E-state index contributed by atoms with van der Waals surface area (Å²) in [5.74, 6) is 0.977. The fourth-order valence-electron chi connectivity index (χ4n) is 8.58. The van der Waals surface area contributed by atoms with E-state index in [-0.39, 0.29) is 0 Å². The molecule has 0 radical (unpaired) electrons. The zero-order valence-electron chi connectivity index (χ0n) is 35.2. The molecule has 0 amide bonds. The molecule has 0 saturated carbocycles. The van der Waals surface area contributed by atoms with Crippen LogP contribution < -0.4 is 0 Å². The van der Waals surface area contributed by atoms with Gasteiger partial charge < -0.3 is 0 Å². The van der Waals surface area contributed by atoms with Gasteiger partial charge in [-0.2, -0.15) is 0 Å². The van der Waals surface area contributed by atoms with E-state index in [0.717, 1.165) is 11.4 Å². The molecule has 0 saturated heterocycles. The smallest absolute Gasteiger partial charge is 0.0584 e. The first-order chi connectivity index (χ1) is 28.2. The number of benzene rings is 7. The molecule has 0 unspecified atom stereocenters. The Hall–Kier alpha value is -6.38. The Morgan fingerprint density at radius 3 is 0.931 bits per heavy atom. The summed E-state index contributed by atoms with van der Waals surface area (Å²) in [6.45, 7) is 17.3. The monoisotopic (exact) mass is 754 g/mol. The highest BCUT2D eigenvalue weighted by Gasteiger charge is 2.39. The lowest BCUT2D eigenvalue weighted by atomic mass is 9.62. The van der Waals surface area contributed by atoms with Gasteiger partial charge in [-0.05, 0) is 133 Å². The molecule has 3 aliphatic carbocycles. The van der Waals surface area contributed by atoms with Crippen LogP contribution in [0.15, 0.2) is 181 Å². The second-order valence-electron chi connectivity index (χ2n) is 15.5. The molecule has 0 N–H and O–H groups in total. The van der Waals surface area contributed by atoms with Crippen LogP contribution in [0.25, 0.3) is 32.7 Å². The number of aryl methyl sites for hydroxylation is 4. The van der Waals surface area contributed by atoms with Gasteiger partial charge in [0.2, 0.25) is 0 Å². The molecule has 2 bridgehead atoms. The van der Waals surface area contributed by atoms with E-state index in [2.05, 4.69) is 209 Å². The standard InChI is InChI=1S/C18H16.C16H14.C16H16.C6H8N2/c1-11-12(2)18-15-9-5-3-7-13(15)17(11)14-8-4-6-10-16(14)18;1-11-12(2)14-8-4-6-10-16(14)15-9-5-3-7-13(11)15;1-13(15-9-5-3-6-10-15)14(2)16-11-7-4-8-12-16;1-5-6(2)8-4-3-7-5/h3-10,17-18H,1-2H3;3-10H,1-2H3;3-12H,1-2H3;3-4H,1-2H3/b;;14-13-;. The van der Waals surface area contributed by atoms with Crippen LogP contribution in [-0.4, -0.2) is 9.97 Å². The Balaban J connectivity index is 0.000000121. The summed E-state index contributed by atoms with van der Waals surface area (Å²) in [4.78, 5) is 8.03. The number of hydrogen-bond donors (Lipinski definition) is 0. The maximum Gasteiger partial charge on any atom is 0.0584 e. The molecule has 0 fully saturated rings. The quantitative estimate of drug-likeness (QED) is 0.0998. The Bertz CT molecular complexity index is 2520. The Kier molecular flexibility index (Phi) is 12.2. The molecule has 0 atom stereocenters. The third-order valence-corrected chi connectivity index (χ3v) is 12.3. The van der Waals surface area contributed by atoms with Crippen LogP contribution in [0.4, 0.5) is 0 Å². The molecule has 1 aromatic heterocycles. The van der Waals surface area contributed by atoms with E-state index < -0.39 is 0 Å². The maximum absolute atomic E-state index is 4.02. The van der Waals surface area contributed by atoms with Crippen LogP contribution in [-0.2, 0) is 0 Å². The first-order valence-corrected chi connectivity index (χ1v) is 20.4. The summed E-state index contributed by atoms with van der Waals surface area (Å²) < 4.78 is 0. The van der Waals surface area contributed by atoms with Gasteiger partial charge in [0.05, 0.1) is 11.4 Å². The predicted octanol–water partition coefficient (Wildman–Crippen LogP) is 15.0. The largest absolute Gasteiger partial charge is 0.258 e. The van der Waals surface area contributed by atoms with Crippen molar-refractivity contribution in [2.75, 3.05) is 0 Å². The summed E-state index contributed by atoms with van der Waals surface area (Å²) in [7, 11) is 0. The lowest BCUT2D eigenvalue weighted by Gasteiger charge is -2.42. The molecule has 288 valence electrons. The lowest BCUT2D eigenvalue weighted by Crippen LogP contribution is -2.26. The third kappa shape index (κ3) is 8.06. The molecule has 0 aliphatic heterocycles. The first kappa shape index (κ1) is 39.8. The summed E-state index contributed by atoms with van der Waals surface area (Å²) in [6.07, 6.45) is 3.39. The fourth-order valence-corrected chi connectivity index (χ4v) is 8.58. The van der Waals surface area contributed by atoms with E-state index >= 15 is 0 Å². The van der Waals surface area contributed by atoms with E-state index in [4.69, 9.17) is 0 Å². The van der Waals surface area contributed by atoms with Crippen LogP contribution in [0, 0.1) is 27.7 Å². The zero-order chi connectivity index (χ0) is 40.8.